The molecule has 0 radical (unpaired) electrons. The monoisotopic (exact) mass is 319 g/mol. The lowest BCUT2D eigenvalue weighted by Gasteiger charge is -2.08. The molecule has 0 aliphatic carbocycles. The fourth-order valence-corrected chi connectivity index (χ4v) is 2.13. The summed E-state index contributed by atoms with van der Waals surface area (Å²) in [6, 6.07) is 7.68. The molecule has 0 spiro atoms. The molecule has 2 aromatic heterocycles. The average Bonchev–Trinajstić information content (AvgIpc) is 2.85. The van der Waals surface area contributed by atoms with Crippen LogP contribution in [0.15, 0.2) is 39.9 Å². The molecule has 6 nitrogen and oxygen atoms in total. The second-order valence-corrected chi connectivity index (χ2v) is 5.00. The number of H-pyrrole nitrogens is 1. The van der Waals surface area contributed by atoms with Crippen molar-refractivity contribution in [3.8, 4) is 0 Å². The highest BCUT2D eigenvalue weighted by Crippen LogP contribution is 2.12. The predicted octanol–water partition coefficient (Wildman–Crippen LogP) is 1.51. The van der Waals surface area contributed by atoms with Crippen LogP contribution in [-0.2, 0) is 6.54 Å². The van der Waals surface area contributed by atoms with Crippen LogP contribution in [0.3, 0.4) is 0 Å². The first-order valence-electron chi connectivity index (χ1n) is 5.59. The minimum atomic E-state index is -0.220. The van der Waals surface area contributed by atoms with E-state index in [9.17, 15) is 4.79 Å². The summed E-state index contributed by atoms with van der Waals surface area (Å²) in [5, 5.41) is 0. The fourth-order valence-electron chi connectivity index (χ4n) is 1.86. The molecule has 19 heavy (non-hydrogen) atoms. The molecule has 3 aromatic rings. The van der Waals surface area contributed by atoms with Gasteiger partial charge in [0.15, 0.2) is 11.2 Å². The number of aromatic nitrogens is 4. The van der Waals surface area contributed by atoms with Gasteiger partial charge in [0.25, 0.3) is 5.56 Å². The van der Waals surface area contributed by atoms with Crippen LogP contribution >= 0.6 is 15.9 Å². The van der Waals surface area contributed by atoms with Gasteiger partial charge in [-0.3, -0.25) is 9.36 Å². The Morgan fingerprint density at radius 2 is 2.05 bits per heavy atom. The van der Waals surface area contributed by atoms with E-state index < -0.39 is 0 Å². The molecule has 0 fully saturated rings. The van der Waals surface area contributed by atoms with Gasteiger partial charge in [0.2, 0.25) is 5.95 Å². The van der Waals surface area contributed by atoms with E-state index in [0.717, 1.165) is 10.0 Å². The zero-order chi connectivity index (χ0) is 13.4. The first kappa shape index (κ1) is 11.9. The van der Waals surface area contributed by atoms with Crippen LogP contribution in [-0.4, -0.2) is 19.5 Å². The zero-order valence-corrected chi connectivity index (χ0v) is 11.4. The third kappa shape index (κ3) is 2.12. The minimum Gasteiger partial charge on any atom is -0.369 e. The van der Waals surface area contributed by atoms with Crippen LogP contribution in [0.25, 0.3) is 11.2 Å². The number of hydrogen-bond donors (Lipinski definition) is 2. The Labute approximate surface area is 116 Å². The molecule has 0 saturated carbocycles. The van der Waals surface area contributed by atoms with Gasteiger partial charge >= 0.3 is 0 Å². The van der Waals surface area contributed by atoms with Crippen LogP contribution in [0.5, 0.6) is 0 Å². The van der Waals surface area contributed by atoms with Crippen LogP contribution in [0.4, 0.5) is 5.95 Å². The number of nitrogens with two attached hydrogens (primary N) is 1. The van der Waals surface area contributed by atoms with Gasteiger partial charge in [-0.2, -0.15) is 4.98 Å². The van der Waals surface area contributed by atoms with Crippen molar-refractivity contribution in [1.29, 1.82) is 0 Å². The van der Waals surface area contributed by atoms with Gasteiger partial charge in [-0.05, 0) is 17.7 Å². The lowest BCUT2D eigenvalue weighted by Crippen LogP contribution is -2.25. The largest absolute Gasteiger partial charge is 0.369 e. The molecule has 1 aromatic carbocycles. The molecule has 0 amide bonds. The molecule has 3 N–H and O–H groups in total. The van der Waals surface area contributed by atoms with Gasteiger partial charge in [-0.15, -0.1) is 0 Å². The van der Waals surface area contributed by atoms with Crippen molar-refractivity contribution in [3.05, 3.63) is 51.0 Å². The molecular weight excluding hydrogens is 310 g/mol. The number of nitrogen functional groups attached to an aromatic ring is 1. The number of rotatable bonds is 2. The molecule has 96 valence electrons. The van der Waals surface area contributed by atoms with Crippen LogP contribution < -0.4 is 11.3 Å². The summed E-state index contributed by atoms with van der Waals surface area (Å²) < 4.78 is 2.41. The van der Waals surface area contributed by atoms with Crippen molar-refractivity contribution < 1.29 is 0 Å². The Bertz CT molecular complexity index is 790. The van der Waals surface area contributed by atoms with E-state index in [2.05, 4.69) is 30.9 Å². The number of nitrogens with zero attached hydrogens (tertiary/aromatic N) is 3. The molecule has 2 heterocycles. The van der Waals surface area contributed by atoms with Crippen molar-refractivity contribution in [2.24, 2.45) is 0 Å². The second-order valence-electron chi connectivity index (χ2n) is 4.09. The summed E-state index contributed by atoms with van der Waals surface area (Å²) in [6.45, 7) is 0.375. The van der Waals surface area contributed by atoms with Crippen molar-refractivity contribution in [2.45, 2.75) is 6.54 Å². The maximum Gasteiger partial charge on any atom is 0.281 e. The number of anilines is 1. The predicted molar refractivity (Wildman–Crippen MR) is 75.8 cm³/mol. The third-order valence-electron chi connectivity index (χ3n) is 2.83. The SMILES string of the molecule is Nc1nc2nc[nH]c2c(=O)n1Cc1ccc(Br)cc1. The Hall–Kier alpha value is -2.15. The zero-order valence-electron chi connectivity index (χ0n) is 9.80. The number of hydrogen-bond acceptors (Lipinski definition) is 4. The normalized spacial score (nSPS) is 11.0. The smallest absolute Gasteiger partial charge is 0.281 e. The van der Waals surface area contributed by atoms with Crippen LogP contribution in [0.1, 0.15) is 5.56 Å². The van der Waals surface area contributed by atoms with Crippen molar-refractivity contribution in [3.63, 3.8) is 0 Å². The van der Waals surface area contributed by atoms with Gasteiger partial charge in [-0.1, -0.05) is 28.1 Å². The fraction of sp³-hybridized carbons (Fsp3) is 0.0833. The Kier molecular flexibility index (Phi) is 2.83. The number of imidazole rings is 1. The first-order chi connectivity index (χ1) is 9.15. The van der Waals surface area contributed by atoms with E-state index in [4.69, 9.17) is 5.73 Å². The van der Waals surface area contributed by atoms with E-state index >= 15 is 0 Å². The molecule has 0 saturated heterocycles. The summed E-state index contributed by atoms with van der Waals surface area (Å²) in [6.07, 6.45) is 1.43. The molecule has 0 bridgehead atoms. The standard InChI is InChI=1S/C12H10BrN5O/c13-8-3-1-7(2-4-8)5-18-11(19)9-10(16-6-15-9)17-12(18)14/h1-4,6H,5H2,(H2,14,17)(H,15,16). The molecule has 3 rings (SSSR count). The van der Waals surface area contributed by atoms with Gasteiger partial charge in [-0.25, -0.2) is 4.98 Å². The molecule has 0 unspecified atom stereocenters. The highest BCUT2D eigenvalue weighted by Gasteiger charge is 2.10. The van der Waals surface area contributed by atoms with Crippen LogP contribution in [0.2, 0.25) is 0 Å². The maximum absolute atomic E-state index is 12.2. The number of benzene rings is 1. The van der Waals surface area contributed by atoms with Gasteiger partial charge < -0.3 is 10.7 Å². The number of fused-ring (bicyclic) bond motifs is 1. The van der Waals surface area contributed by atoms with Crippen molar-refractivity contribution in [2.75, 3.05) is 5.73 Å². The highest BCUT2D eigenvalue weighted by atomic mass is 79.9. The lowest BCUT2D eigenvalue weighted by atomic mass is 10.2. The van der Waals surface area contributed by atoms with E-state index in [1.54, 1.807) is 0 Å². The lowest BCUT2D eigenvalue weighted by molar-refractivity contribution is 0.761. The van der Waals surface area contributed by atoms with E-state index in [1.807, 2.05) is 24.3 Å². The molecule has 0 aliphatic rings. The minimum absolute atomic E-state index is 0.160. The highest BCUT2D eigenvalue weighted by molar-refractivity contribution is 9.10. The van der Waals surface area contributed by atoms with Gasteiger partial charge in [0.05, 0.1) is 12.9 Å². The number of halogens is 1. The van der Waals surface area contributed by atoms with Gasteiger partial charge in [0.1, 0.15) is 0 Å². The van der Waals surface area contributed by atoms with Gasteiger partial charge in [0, 0.05) is 4.47 Å². The summed E-state index contributed by atoms with van der Waals surface area (Å²) in [4.78, 5) is 23.1. The Morgan fingerprint density at radius 3 is 2.79 bits per heavy atom. The van der Waals surface area contributed by atoms with Crippen molar-refractivity contribution in [1.82, 2.24) is 19.5 Å². The van der Waals surface area contributed by atoms with Crippen LogP contribution in [0, 0.1) is 0 Å². The quantitative estimate of drug-likeness (QED) is 0.749. The maximum atomic E-state index is 12.2. The molecule has 0 atom stereocenters. The summed E-state index contributed by atoms with van der Waals surface area (Å²) in [7, 11) is 0. The molecule has 7 heteroatoms. The topological polar surface area (TPSA) is 89.6 Å². The number of aromatic amines is 1. The Balaban J connectivity index is 2.09. The first-order valence-corrected chi connectivity index (χ1v) is 6.38. The summed E-state index contributed by atoms with van der Waals surface area (Å²) >= 11 is 3.37. The average molecular weight is 320 g/mol. The molecule has 0 aliphatic heterocycles. The van der Waals surface area contributed by atoms with E-state index in [0.29, 0.717) is 17.7 Å². The van der Waals surface area contributed by atoms with E-state index in [-0.39, 0.29) is 11.5 Å². The number of nitrogens with one attached hydrogen (secondary N) is 1. The molecular formula is C12H10BrN5O. The summed E-state index contributed by atoms with van der Waals surface area (Å²) in [5.74, 6) is 0.160. The summed E-state index contributed by atoms with van der Waals surface area (Å²) in [5.41, 5.74) is 7.27. The van der Waals surface area contributed by atoms with Crippen molar-refractivity contribution >= 4 is 33.0 Å². The second kappa shape index (κ2) is 4.51. The van der Waals surface area contributed by atoms with E-state index in [1.165, 1.54) is 10.9 Å². The Morgan fingerprint density at radius 1 is 1.32 bits per heavy atom. The third-order valence-corrected chi connectivity index (χ3v) is 3.36.